The molecule has 2 N–H and O–H groups in total. The van der Waals surface area contributed by atoms with Gasteiger partial charge in [-0.2, -0.15) is 0 Å². The van der Waals surface area contributed by atoms with E-state index >= 15 is 0 Å². The van der Waals surface area contributed by atoms with Gasteiger partial charge in [0.2, 0.25) is 5.95 Å². The van der Waals surface area contributed by atoms with Crippen LogP contribution in [0.2, 0.25) is 0 Å². The van der Waals surface area contributed by atoms with E-state index in [4.69, 9.17) is 4.74 Å². The summed E-state index contributed by atoms with van der Waals surface area (Å²) in [6.07, 6.45) is 1.70. The maximum absolute atomic E-state index is 12.3. The van der Waals surface area contributed by atoms with Crippen LogP contribution in [-0.2, 0) is 4.79 Å². The van der Waals surface area contributed by atoms with Gasteiger partial charge in [-0.25, -0.2) is 14.8 Å². The number of amides is 3. The van der Waals surface area contributed by atoms with Gasteiger partial charge in [-0.05, 0) is 73.5 Å². The number of nitrogens with zero attached hydrogens (tertiary/aromatic N) is 4. The Kier molecular flexibility index (Phi) is 7.06. The molecule has 1 aliphatic heterocycles. The summed E-state index contributed by atoms with van der Waals surface area (Å²) in [7, 11) is 4.04. The number of hydrogen-bond acceptors (Lipinski definition) is 8. The van der Waals surface area contributed by atoms with E-state index in [1.54, 1.807) is 31.4 Å². The van der Waals surface area contributed by atoms with Gasteiger partial charge < -0.3 is 20.3 Å². The van der Waals surface area contributed by atoms with Crippen LogP contribution in [0, 0.1) is 0 Å². The molecule has 11 heteroatoms. The summed E-state index contributed by atoms with van der Waals surface area (Å²) in [4.78, 5) is 37.6. The van der Waals surface area contributed by atoms with Crippen molar-refractivity contribution in [2.24, 2.45) is 0 Å². The largest absolute Gasteiger partial charge is 0.492 e. The minimum atomic E-state index is -0.878. The summed E-state index contributed by atoms with van der Waals surface area (Å²) in [5.41, 5.74) is -0.110. The number of carbonyl (C=O) groups excluding carboxylic acids is 2. The van der Waals surface area contributed by atoms with Gasteiger partial charge in [0.15, 0.2) is 0 Å². The van der Waals surface area contributed by atoms with E-state index in [-0.39, 0.29) is 18.5 Å². The molecule has 3 amide bonds. The third kappa shape index (κ3) is 5.31. The lowest BCUT2D eigenvalue weighted by molar-refractivity contribution is -0.130. The molecule has 3 heterocycles. The number of imide groups is 1. The Morgan fingerprint density at radius 1 is 1.26 bits per heavy atom. The van der Waals surface area contributed by atoms with Gasteiger partial charge in [-0.15, -0.1) is 11.3 Å². The third-order valence-electron chi connectivity index (χ3n) is 5.34. The van der Waals surface area contributed by atoms with Crippen molar-refractivity contribution in [2.45, 2.75) is 19.4 Å². The van der Waals surface area contributed by atoms with E-state index in [1.165, 1.54) is 4.90 Å². The van der Waals surface area contributed by atoms with Gasteiger partial charge in [-0.1, -0.05) is 0 Å². The lowest BCUT2D eigenvalue weighted by atomic mass is 10.1. The number of hydrogen-bond donors (Lipinski definition) is 2. The van der Waals surface area contributed by atoms with Crippen molar-refractivity contribution in [3.63, 3.8) is 0 Å². The number of fused-ring (bicyclic) bond motifs is 1. The molecular formula is C23H27BrN6O3S. The second-order valence-electron chi connectivity index (χ2n) is 8.79. The Morgan fingerprint density at radius 3 is 2.76 bits per heavy atom. The molecule has 1 aliphatic rings. The van der Waals surface area contributed by atoms with Gasteiger partial charge in [-0.3, -0.25) is 9.69 Å². The second-order valence-corrected chi connectivity index (χ2v) is 10.7. The zero-order chi connectivity index (χ0) is 24.5. The van der Waals surface area contributed by atoms with Gasteiger partial charge in [0.25, 0.3) is 5.91 Å². The zero-order valence-corrected chi connectivity index (χ0v) is 21.9. The summed E-state index contributed by atoms with van der Waals surface area (Å²) >= 11 is 5.19. The molecule has 34 heavy (non-hydrogen) atoms. The average Bonchev–Trinajstić information content (AvgIpc) is 3.27. The van der Waals surface area contributed by atoms with E-state index in [2.05, 4.69) is 53.6 Å². The minimum Gasteiger partial charge on any atom is -0.492 e. The lowest BCUT2D eigenvalue weighted by Crippen LogP contribution is -2.40. The topological polar surface area (TPSA) is 99.7 Å². The first-order valence-corrected chi connectivity index (χ1v) is 12.5. The smallest absolute Gasteiger partial charge is 0.325 e. The molecule has 1 aromatic carbocycles. The van der Waals surface area contributed by atoms with Crippen molar-refractivity contribution < 1.29 is 14.3 Å². The van der Waals surface area contributed by atoms with Crippen LogP contribution in [0.25, 0.3) is 20.7 Å². The van der Waals surface area contributed by atoms with E-state index in [0.29, 0.717) is 19.1 Å². The van der Waals surface area contributed by atoms with Crippen molar-refractivity contribution in [1.29, 1.82) is 0 Å². The Bertz CT molecular complexity index is 1230. The van der Waals surface area contributed by atoms with Crippen LogP contribution in [0.15, 0.2) is 34.9 Å². The number of nitrogens with one attached hydrogen (secondary N) is 2. The second kappa shape index (κ2) is 9.85. The number of carbonyl (C=O) groups is 2. The maximum atomic E-state index is 12.3. The van der Waals surface area contributed by atoms with Crippen LogP contribution in [0.5, 0.6) is 5.75 Å². The molecule has 9 nitrogen and oxygen atoms in total. The molecular weight excluding hydrogens is 520 g/mol. The number of aromatic nitrogens is 2. The highest BCUT2D eigenvalue weighted by molar-refractivity contribution is 9.10. The molecule has 3 aromatic rings. The predicted octanol–water partition coefficient (Wildman–Crippen LogP) is 3.80. The van der Waals surface area contributed by atoms with Gasteiger partial charge >= 0.3 is 6.03 Å². The van der Waals surface area contributed by atoms with Gasteiger partial charge in [0, 0.05) is 30.5 Å². The number of rotatable bonds is 9. The van der Waals surface area contributed by atoms with Crippen molar-refractivity contribution in [3.05, 3.63) is 34.9 Å². The molecule has 0 atom stereocenters. The fourth-order valence-electron chi connectivity index (χ4n) is 3.50. The molecule has 0 saturated carbocycles. The van der Waals surface area contributed by atoms with Gasteiger partial charge in [0.1, 0.15) is 23.6 Å². The molecule has 0 aliphatic carbocycles. The molecule has 0 unspecified atom stereocenters. The molecule has 0 radical (unpaired) electrons. The van der Waals surface area contributed by atoms with E-state index in [0.717, 1.165) is 37.4 Å². The van der Waals surface area contributed by atoms with Crippen LogP contribution < -0.4 is 15.4 Å². The minimum absolute atomic E-state index is 0.225. The summed E-state index contributed by atoms with van der Waals surface area (Å²) < 4.78 is 7.77. The quantitative estimate of drug-likeness (QED) is 0.393. The standard InChI is InChI=1S/C23H27BrN6O3S/c1-23(2)20(31)30(22(32)28-23)8-7-25-21-26-13-16(24)19(27-21)18-12-14-11-15(5-6-17(14)34-18)33-10-9-29(3)4/h5-6,11-13H,7-10H2,1-4H3,(H,28,32)(H,25,26,27). The van der Waals surface area contributed by atoms with Crippen LogP contribution in [0.1, 0.15) is 13.8 Å². The number of halogens is 1. The highest BCUT2D eigenvalue weighted by Crippen LogP contribution is 2.37. The van der Waals surface area contributed by atoms with E-state index in [9.17, 15) is 9.59 Å². The lowest BCUT2D eigenvalue weighted by Gasteiger charge is -2.16. The summed E-state index contributed by atoms with van der Waals surface area (Å²) in [6.45, 7) is 5.43. The van der Waals surface area contributed by atoms with Crippen molar-refractivity contribution in [3.8, 4) is 16.3 Å². The van der Waals surface area contributed by atoms with Crippen LogP contribution >= 0.6 is 27.3 Å². The van der Waals surface area contributed by atoms with Gasteiger partial charge in [0.05, 0.1) is 9.35 Å². The Labute approximate surface area is 210 Å². The molecule has 4 rings (SSSR count). The van der Waals surface area contributed by atoms with E-state index in [1.807, 2.05) is 26.2 Å². The Hall–Kier alpha value is -2.76. The summed E-state index contributed by atoms with van der Waals surface area (Å²) in [5, 5.41) is 6.88. The maximum Gasteiger partial charge on any atom is 0.325 e. The first kappa shape index (κ1) is 24.4. The predicted molar refractivity (Wildman–Crippen MR) is 137 cm³/mol. The number of benzene rings is 1. The highest BCUT2D eigenvalue weighted by atomic mass is 79.9. The normalized spacial score (nSPS) is 15.3. The molecule has 0 spiro atoms. The third-order valence-corrected chi connectivity index (χ3v) is 7.04. The summed E-state index contributed by atoms with van der Waals surface area (Å²) in [5.74, 6) is 1.02. The van der Waals surface area contributed by atoms with Crippen molar-refractivity contribution in [1.82, 2.24) is 25.1 Å². The molecule has 1 saturated heterocycles. The number of likely N-dealkylation sites (N-methyl/N-ethyl adjacent to an activating group) is 1. The number of ether oxygens (including phenoxy) is 1. The molecule has 0 bridgehead atoms. The summed E-state index contributed by atoms with van der Waals surface area (Å²) in [6, 6.07) is 7.79. The van der Waals surface area contributed by atoms with Crippen LogP contribution in [0.4, 0.5) is 10.7 Å². The van der Waals surface area contributed by atoms with Crippen LogP contribution in [0.3, 0.4) is 0 Å². The van der Waals surface area contributed by atoms with Crippen molar-refractivity contribution >= 4 is 55.2 Å². The Balaban J connectivity index is 1.45. The SMILES string of the molecule is CN(C)CCOc1ccc2sc(-c3nc(NCCN4C(=O)NC(C)(C)C4=O)ncc3Br)cc2c1. The monoisotopic (exact) mass is 546 g/mol. The fraction of sp³-hybridized carbons (Fsp3) is 0.391. The number of urea groups is 1. The number of anilines is 1. The van der Waals surface area contributed by atoms with Crippen molar-refractivity contribution in [2.75, 3.05) is 45.7 Å². The molecule has 2 aromatic heterocycles. The first-order chi connectivity index (χ1) is 16.1. The average molecular weight is 547 g/mol. The highest BCUT2D eigenvalue weighted by Gasteiger charge is 2.43. The molecule has 1 fully saturated rings. The zero-order valence-electron chi connectivity index (χ0n) is 19.5. The van der Waals surface area contributed by atoms with E-state index < -0.39 is 5.54 Å². The number of thiophene rings is 1. The molecule has 180 valence electrons. The fourth-order valence-corrected chi connectivity index (χ4v) is 5.08. The Morgan fingerprint density at radius 2 is 2.06 bits per heavy atom. The van der Waals surface area contributed by atoms with Crippen LogP contribution in [-0.4, -0.2) is 77.6 Å². The first-order valence-electron chi connectivity index (χ1n) is 10.9.